The summed E-state index contributed by atoms with van der Waals surface area (Å²) in [6, 6.07) is 8.35. The maximum Gasteiger partial charge on any atom is 0.319 e. The molecule has 1 fully saturated rings. The van der Waals surface area contributed by atoms with Crippen LogP contribution in [0.4, 0.5) is 4.79 Å². The quantitative estimate of drug-likeness (QED) is 0.839. The minimum Gasteiger partial charge on any atom is -0.328 e. The van der Waals surface area contributed by atoms with Gasteiger partial charge >= 0.3 is 6.03 Å². The third-order valence-corrected chi connectivity index (χ3v) is 5.60. The molecule has 2 amide bonds. The summed E-state index contributed by atoms with van der Waals surface area (Å²) in [5.74, 6) is 0. The van der Waals surface area contributed by atoms with Crippen molar-refractivity contribution in [2.45, 2.75) is 11.8 Å². The van der Waals surface area contributed by atoms with Gasteiger partial charge in [0.05, 0.1) is 4.90 Å². The predicted molar refractivity (Wildman–Crippen MR) is 80.5 cm³/mol. The number of urea groups is 1. The molecule has 0 unspecified atom stereocenters. The number of hydrogen-bond acceptors (Lipinski definition) is 3. The van der Waals surface area contributed by atoms with Crippen LogP contribution in [0.3, 0.4) is 0 Å². The summed E-state index contributed by atoms with van der Waals surface area (Å²) < 4.78 is 26.4. The van der Waals surface area contributed by atoms with Crippen LogP contribution in [0.2, 0.25) is 0 Å². The minimum atomic E-state index is -3.46. The molecule has 0 N–H and O–H groups in total. The van der Waals surface area contributed by atoms with Gasteiger partial charge in [0.25, 0.3) is 0 Å². The van der Waals surface area contributed by atoms with E-state index in [2.05, 4.69) is 0 Å². The van der Waals surface area contributed by atoms with Gasteiger partial charge in [-0.25, -0.2) is 13.2 Å². The topological polar surface area (TPSA) is 60.9 Å². The molecule has 1 heterocycles. The molecule has 6 nitrogen and oxygen atoms in total. The van der Waals surface area contributed by atoms with Crippen LogP contribution in [0, 0.1) is 0 Å². The van der Waals surface area contributed by atoms with Crippen LogP contribution in [0.25, 0.3) is 0 Å². The van der Waals surface area contributed by atoms with E-state index in [1.165, 1.54) is 4.31 Å². The molecule has 0 aliphatic carbocycles. The second-order valence-corrected chi connectivity index (χ2v) is 6.94. The molecule has 0 radical (unpaired) electrons. The van der Waals surface area contributed by atoms with Crippen LogP contribution in [0.5, 0.6) is 0 Å². The molecule has 1 aliphatic rings. The first-order chi connectivity index (χ1) is 9.96. The highest BCUT2D eigenvalue weighted by Crippen LogP contribution is 2.17. The Morgan fingerprint density at radius 3 is 2.24 bits per heavy atom. The number of carbonyl (C=O) groups excluding carboxylic acids is 1. The normalized spacial score (nSPS) is 16.8. The van der Waals surface area contributed by atoms with Crippen molar-refractivity contribution in [3.63, 3.8) is 0 Å². The lowest BCUT2D eigenvalue weighted by Crippen LogP contribution is -2.53. The molecule has 0 atom stereocenters. The maximum atomic E-state index is 12.5. The van der Waals surface area contributed by atoms with E-state index in [1.54, 1.807) is 47.2 Å². The fourth-order valence-electron chi connectivity index (χ4n) is 2.24. The fraction of sp³-hybridized carbons (Fsp3) is 0.500. The lowest BCUT2D eigenvalue weighted by Gasteiger charge is -2.35. The highest BCUT2D eigenvalue weighted by atomic mass is 32.2. The van der Waals surface area contributed by atoms with E-state index in [-0.39, 0.29) is 6.03 Å². The first kappa shape index (κ1) is 15.8. The Morgan fingerprint density at radius 1 is 1.14 bits per heavy atom. The zero-order chi connectivity index (χ0) is 15.5. The van der Waals surface area contributed by atoms with Crippen molar-refractivity contribution in [3.05, 3.63) is 30.3 Å². The summed E-state index contributed by atoms with van der Waals surface area (Å²) in [5, 5.41) is 0. The molecular weight excluding hydrogens is 290 g/mol. The second-order valence-electron chi connectivity index (χ2n) is 5.00. The average molecular weight is 311 g/mol. The molecule has 116 valence electrons. The zero-order valence-corrected chi connectivity index (χ0v) is 13.2. The maximum absolute atomic E-state index is 12.5. The van der Waals surface area contributed by atoms with Crippen LogP contribution in [0.1, 0.15) is 6.92 Å². The van der Waals surface area contributed by atoms with Crippen molar-refractivity contribution in [1.29, 1.82) is 0 Å². The van der Waals surface area contributed by atoms with Gasteiger partial charge in [0.2, 0.25) is 10.0 Å². The average Bonchev–Trinajstić information content (AvgIpc) is 2.54. The zero-order valence-electron chi connectivity index (χ0n) is 12.4. The molecule has 0 saturated carbocycles. The van der Waals surface area contributed by atoms with Crippen molar-refractivity contribution in [2.24, 2.45) is 0 Å². The van der Waals surface area contributed by atoms with Crippen molar-refractivity contribution in [3.8, 4) is 0 Å². The number of carbonyl (C=O) groups is 1. The van der Waals surface area contributed by atoms with Crippen LogP contribution in [-0.4, -0.2) is 68.3 Å². The molecule has 7 heteroatoms. The SMILES string of the molecule is CCN(C)C(=O)N1CCN(S(=O)(=O)c2ccccc2)CC1. The molecule has 1 saturated heterocycles. The summed E-state index contributed by atoms with van der Waals surface area (Å²) in [5.41, 5.74) is 0. The molecule has 21 heavy (non-hydrogen) atoms. The predicted octanol–water partition coefficient (Wildman–Crippen LogP) is 1.06. The third-order valence-electron chi connectivity index (χ3n) is 3.69. The molecular formula is C14H21N3O3S. The Morgan fingerprint density at radius 2 is 1.71 bits per heavy atom. The van der Waals surface area contributed by atoms with E-state index in [1.807, 2.05) is 6.92 Å². The van der Waals surface area contributed by atoms with E-state index < -0.39 is 10.0 Å². The fourth-order valence-corrected chi connectivity index (χ4v) is 3.68. The number of sulfonamides is 1. The van der Waals surface area contributed by atoms with E-state index >= 15 is 0 Å². The van der Waals surface area contributed by atoms with Gasteiger partial charge in [0.15, 0.2) is 0 Å². The lowest BCUT2D eigenvalue weighted by molar-refractivity contribution is 0.144. The van der Waals surface area contributed by atoms with Gasteiger partial charge in [-0.2, -0.15) is 4.31 Å². The first-order valence-corrected chi connectivity index (χ1v) is 8.46. The largest absolute Gasteiger partial charge is 0.328 e. The number of benzene rings is 1. The van der Waals surface area contributed by atoms with Gasteiger partial charge in [-0.3, -0.25) is 0 Å². The van der Waals surface area contributed by atoms with Crippen LogP contribution in [-0.2, 0) is 10.0 Å². The van der Waals surface area contributed by atoms with E-state index in [4.69, 9.17) is 0 Å². The Hall–Kier alpha value is -1.60. The summed E-state index contributed by atoms with van der Waals surface area (Å²) in [7, 11) is -1.71. The van der Waals surface area contributed by atoms with Crippen molar-refractivity contribution >= 4 is 16.1 Å². The number of hydrogen-bond donors (Lipinski definition) is 0. The molecule has 2 rings (SSSR count). The molecule has 1 aliphatic heterocycles. The molecule has 0 aromatic heterocycles. The number of rotatable bonds is 3. The Labute approximate surface area is 126 Å². The van der Waals surface area contributed by atoms with E-state index in [9.17, 15) is 13.2 Å². The molecule has 1 aromatic rings. The van der Waals surface area contributed by atoms with Crippen LogP contribution >= 0.6 is 0 Å². The van der Waals surface area contributed by atoms with E-state index in [0.29, 0.717) is 37.6 Å². The Balaban J connectivity index is 2.03. The Kier molecular flexibility index (Phi) is 4.84. The van der Waals surface area contributed by atoms with Gasteiger partial charge in [-0.05, 0) is 19.1 Å². The minimum absolute atomic E-state index is 0.0470. The number of piperazine rings is 1. The summed E-state index contributed by atoms with van der Waals surface area (Å²) in [6.07, 6.45) is 0. The van der Waals surface area contributed by atoms with Gasteiger partial charge < -0.3 is 9.80 Å². The smallest absolute Gasteiger partial charge is 0.319 e. The van der Waals surface area contributed by atoms with Crippen LogP contribution in [0.15, 0.2) is 35.2 Å². The van der Waals surface area contributed by atoms with E-state index in [0.717, 1.165) is 0 Å². The summed E-state index contributed by atoms with van der Waals surface area (Å²) in [6.45, 7) is 4.07. The highest BCUT2D eigenvalue weighted by Gasteiger charge is 2.30. The van der Waals surface area contributed by atoms with Crippen molar-refractivity contribution < 1.29 is 13.2 Å². The lowest BCUT2D eigenvalue weighted by atomic mass is 10.4. The number of amides is 2. The van der Waals surface area contributed by atoms with Gasteiger partial charge in [-0.1, -0.05) is 18.2 Å². The van der Waals surface area contributed by atoms with Crippen LogP contribution < -0.4 is 0 Å². The number of nitrogens with zero attached hydrogens (tertiary/aromatic N) is 3. The first-order valence-electron chi connectivity index (χ1n) is 7.02. The highest BCUT2D eigenvalue weighted by molar-refractivity contribution is 7.89. The van der Waals surface area contributed by atoms with Gasteiger partial charge in [0, 0.05) is 39.8 Å². The van der Waals surface area contributed by atoms with Crippen molar-refractivity contribution in [1.82, 2.24) is 14.1 Å². The monoisotopic (exact) mass is 311 g/mol. The second kappa shape index (κ2) is 6.44. The standard InChI is InChI=1S/C14H21N3O3S/c1-3-15(2)14(18)16-9-11-17(12-10-16)21(19,20)13-7-5-4-6-8-13/h4-8H,3,9-12H2,1-2H3. The Bertz CT molecular complexity index is 581. The molecule has 1 aromatic carbocycles. The third kappa shape index (κ3) is 3.36. The molecule has 0 spiro atoms. The van der Waals surface area contributed by atoms with Crippen molar-refractivity contribution in [2.75, 3.05) is 39.8 Å². The summed E-state index contributed by atoms with van der Waals surface area (Å²) in [4.78, 5) is 15.7. The summed E-state index contributed by atoms with van der Waals surface area (Å²) >= 11 is 0. The van der Waals surface area contributed by atoms with Gasteiger partial charge in [-0.15, -0.1) is 0 Å². The van der Waals surface area contributed by atoms with Gasteiger partial charge in [0.1, 0.15) is 0 Å². The molecule has 0 bridgehead atoms.